The highest BCUT2D eigenvalue weighted by atomic mass is 19.1. The molecule has 0 saturated heterocycles. The highest BCUT2D eigenvalue weighted by Gasteiger charge is 2.10. The number of nitrogens with zero attached hydrogens (tertiary/aromatic N) is 1. The van der Waals surface area contributed by atoms with E-state index in [2.05, 4.69) is 10.3 Å². The minimum absolute atomic E-state index is 0.172. The third-order valence-corrected chi connectivity index (χ3v) is 2.78. The van der Waals surface area contributed by atoms with Crippen LogP contribution in [0.15, 0.2) is 30.5 Å². The summed E-state index contributed by atoms with van der Waals surface area (Å²) in [5.74, 6) is -0.953. The van der Waals surface area contributed by atoms with E-state index in [1.807, 2.05) is 0 Å². The van der Waals surface area contributed by atoms with Crippen molar-refractivity contribution in [2.24, 2.45) is 0 Å². The number of aromatic hydroxyl groups is 1. The molecule has 0 saturated carbocycles. The molecule has 4 nitrogen and oxygen atoms in total. The number of halogens is 1. The van der Waals surface area contributed by atoms with E-state index < -0.39 is 11.9 Å². The Morgan fingerprint density at radius 3 is 2.68 bits per heavy atom. The fraction of sp³-hybridized carbons (Fsp3) is 0.143. The first-order chi connectivity index (χ1) is 8.97. The van der Waals surface area contributed by atoms with Gasteiger partial charge in [-0.15, -0.1) is 0 Å². The summed E-state index contributed by atoms with van der Waals surface area (Å²) < 4.78 is 12.9. The number of pyridine rings is 1. The van der Waals surface area contributed by atoms with Crippen LogP contribution in [0.2, 0.25) is 0 Å². The molecule has 0 aliphatic rings. The second-order valence-corrected chi connectivity index (χ2v) is 4.27. The Balaban J connectivity index is 2.27. The molecule has 0 aliphatic carbocycles. The standard InChI is InChI=1S/C14H13FN2O2/c1-8-6-12(18)9(2)5-11(8)17-14(19)10-3-4-16-13(15)7-10/h3-7,18H,1-2H3,(H,17,19). The summed E-state index contributed by atoms with van der Waals surface area (Å²) in [6.07, 6.45) is 1.24. The first-order valence-corrected chi connectivity index (χ1v) is 5.70. The zero-order chi connectivity index (χ0) is 14.0. The van der Waals surface area contributed by atoms with Crippen molar-refractivity contribution in [3.8, 4) is 5.75 Å². The second kappa shape index (κ2) is 5.06. The third-order valence-electron chi connectivity index (χ3n) is 2.78. The van der Waals surface area contributed by atoms with Gasteiger partial charge in [0.05, 0.1) is 0 Å². The minimum atomic E-state index is -0.703. The molecule has 2 aromatic rings. The molecule has 0 spiro atoms. The summed E-state index contributed by atoms with van der Waals surface area (Å²) in [5, 5.41) is 12.2. The molecule has 2 rings (SSSR count). The zero-order valence-electron chi connectivity index (χ0n) is 10.6. The molecule has 5 heteroatoms. The number of phenolic OH excluding ortho intramolecular Hbond substituents is 1. The molecular weight excluding hydrogens is 247 g/mol. The van der Waals surface area contributed by atoms with Crippen LogP contribution in [-0.2, 0) is 0 Å². The van der Waals surface area contributed by atoms with Crippen molar-refractivity contribution in [3.05, 3.63) is 53.1 Å². The first-order valence-electron chi connectivity index (χ1n) is 5.70. The molecule has 19 heavy (non-hydrogen) atoms. The number of benzene rings is 1. The van der Waals surface area contributed by atoms with Crippen LogP contribution >= 0.6 is 0 Å². The number of hydrogen-bond donors (Lipinski definition) is 2. The van der Waals surface area contributed by atoms with Crippen LogP contribution in [-0.4, -0.2) is 16.0 Å². The highest BCUT2D eigenvalue weighted by Crippen LogP contribution is 2.25. The van der Waals surface area contributed by atoms with Gasteiger partial charge in [0, 0.05) is 23.5 Å². The lowest BCUT2D eigenvalue weighted by Gasteiger charge is -2.10. The summed E-state index contributed by atoms with van der Waals surface area (Å²) >= 11 is 0. The SMILES string of the molecule is Cc1cc(NC(=O)c2ccnc(F)c2)c(C)cc1O. The molecule has 0 atom stereocenters. The molecule has 0 aliphatic heterocycles. The Kier molecular flexibility index (Phi) is 3.46. The van der Waals surface area contributed by atoms with E-state index in [9.17, 15) is 14.3 Å². The smallest absolute Gasteiger partial charge is 0.255 e. The van der Waals surface area contributed by atoms with E-state index >= 15 is 0 Å². The van der Waals surface area contributed by atoms with Gasteiger partial charge in [-0.25, -0.2) is 4.98 Å². The van der Waals surface area contributed by atoms with Crippen LogP contribution in [0.5, 0.6) is 5.75 Å². The van der Waals surface area contributed by atoms with Crippen molar-refractivity contribution < 1.29 is 14.3 Å². The Morgan fingerprint density at radius 1 is 1.26 bits per heavy atom. The average Bonchev–Trinajstić information content (AvgIpc) is 2.36. The molecular formula is C14H13FN2O2. The lowest BCUT2D eigenvalue weighted by atomic mass is 10.1. The second-order valence-electron chi connectivity index (χ2n) is 4.27. The van der Waals surface area contributed by atoms with Crippen molar-refractivity contribution in [2.45, 2.75) is 13.8 Å². The number of rotatable bonds is 2. The van der Waals surface area contributed by atoms with Crippen LogP contribution in [0.3, 0.4) is 0 Å². The summed E-state index contributed by atoms with van der Waals surface area (Å²) in [5.41, 5.74) is 2.16. The fourth-order valence-corrected chi connectivity index (χ4v) is 1.67. The number of carbonyl (C=O) groups excluding carboxylic acids is 1. The van der Waals surface area contributed by atoms with Crippen molar-refractivity contribution in [2.75, 3.05) is 5.32 Å². The molecule has 0 radical (unpaired) electrons. The largest absolute Gasteiger partial charge is 0.508 e. The zero-order valence-corrected chi connectivity index (χ0v) is 10.6. The van der Waals surface area contributed by atoms with Gasteiger partial charge in [0.15, 0.2) is 0 Å². The van der Waals surface area contributed by atoms with Crippen molar-refractivity contribution in [1.82, 2.24) is 4.98 Å². The normalized spacial score (nSPS) is 10.3. The monoisotopic (exact) mass is 260 g/mol. The van der Waals surface area contributed by atoms with Gasteiger partial charge in [0.25, 0.3) is 5.91 Å². The lowest BCUT2D eigenvalue weighted by Crippen LogP contribution is -2.13. The van der Waals surface area contributed by atoms with Gasteiger partial charge >= 0.3 is 0 Å². The van der Waals surface area contributed by atoms with Crippen LogP contribution in [0, 0.1) is 19.8 Å². The van der Waals surface area contributed by atoms with Crippen LogP contribution in [0.4, 0.5) is 10.1 Å². The summed E-state index contributed by atoms with van der Waals surface area (Å²) in [6.45, 7) is 3.50. The van der Waals surface area contributed by atoms with Crippen LogP contribution < -0.4 is 5.32 Å². The topological polar surface area (TPSA) is 62.2 Å². The molecule has 0 fully saturated rings. The minimum Gasteiger partial charge on any atom is -0.508 e. The molecule has 1 amide bonds. The Bertz CT molecular complexity index is 641. The van der Waals surface area contributed by atoms with Crippen LogP contribution in [0.1, 0.15) is 21.5 Å². The third kappa shape index (κ3) is 2.88. The van der Waals surface area contributed by atoms with Gasteiger partial charge < -0.3 is 10.4 Å². The molecule has 0 bridgehead atoms. The summed E-state index contributed by atoms with van der Waals surface area (Å²) in [4.78, 5) is 15.3. The Labute approximate surface area is 109 Å². The molecule has 0 unspecified atom stereocenters. The number of hydrogen-bond acceptors (Lipinski definition) is 3. The molecule has 98 valence electrons. The summed E-state index contributed by atoms with van der Waals surface area (Å²) in [7, 11) is 0. The fourth-order valence-electron chi connectivity index (χ4n) is 1.67. The van der Waals surface area contributed by atoms with Gasteiger partial charge in [-0.3, -0.25) is 4.79 Å². The maximum absolute atomic E-state index is 12.9. The number of nitrogens with one attached hydrogen (secondary N) is 1. The Hall–Kier alpha value is -2.43. The van der Waals surface area contributed by atoms with Gasteiger partial charge in [-0.05, 0) is 43.2 Å². The van der Waals surface area contributed by atoms with E-state index in [0.717, 1.165) is 11.6 Å². The quantitative estimate of drug-likeness (QED) is 0.644. The van der Waals surface area contributed by atoms with E-state index in [1.165, 1.54) is 12.3 Å². The number of aromatic nitrogens is 1. The maximum Gasteiger partial charge on any atom is 0.255 e. The highest BCUT2D eigenvalue weighted by molar-refractivity contribution is 6.04. The molecule has 1 aromatic heterocycles. The molecule has 1 heterocycles. The van der Waals surface area contributed by atoms with E-state index in [1.54, 1.807) is 26.0 Å². The number of anilines is 1. The molecule has 2 N–H and O–H groups in total. The van der Waals surface area contributed by atoms with E-state index in [4.69, 9.17) is 0 Å². The van der Waals surface area contributed by atoms with Gasteiger partial charge in [-0.2, -0.15) is 4.39 Å². The summed E-state index contributed by atoms with van der Waals surface area (Å²) in [6, 6.07) is 5.73. The Morgan fingerprint density at radius 2 is 2.00 bits per heavy atom. The molecule has 1 aromatic carbocycles. The van der Waals surface area contributed by atoms with Crippen molar-refractivity contribution in [1.29, 1.82) is 0 Å². The number of aryl methyl sites for hydroxylation is 2. The van der Waals surface area contributed by atoms with Crippen molar-refractivity contribution in [3.63, 3.8) is 0 Å². The van der Waals surface area contributed by atoms with Crippen molar-refractivity contribution >= 4 is 11.6 Å². The van der Waals surface area contributed by atoms with Gasteiger partial charge in [-0.1, -0.05) is 0 Å². The van der Waals surface area contributed by atoms with Gasteiger partial charge in [0.2, 0.25) is 5.95 Å². The first kappa shape index (κ1) is 13.0. The number of phenols is 1. The number of carbonyl (C=O) groups is 1. The van der Waals surface area contributed by atoms with E-state index in [-0.39, 0.29) is 11.3 Å². The predicted octanol–water partition coefficient (Wildman–Crippen LogP) is 2.80. The van der Waals surface area contributed by atoms with Crippen LogP contribution in [0.25, 0.3) is 0 Å². The lowest BCUT2D eigenvalue weighted by molar-refractivity contribution is 0.102. The van der Waals surface area contributed by atoms with E-state index in [0.29, 0.717) is 11.3 Å². The predicted molar refractivity (Wildman–Crippen MR) is 69.7 cm³/mol. The number of amides is 1. The van der Waals surface area contributed by atoms with Gasteiger partial charge in [0.1, 0.15) is 5.75 Å². The average molecular weight is 260 g/mol. The maximum atomic E-state index is 12.9.